The van der Waals surface area contributed by atoms with Crippen LogP contribution in [0.3, 0.4) is 0 Å². The van der Waals surface area contributed by atoms with Gasteiger partial charge >= 0.3 is 0 Å². The van der Waals surface area contributed by atoms with Gasteiger partial charge in [0, 0.05) is 12.2 Å². The molecule has 0 heterocycles. The van der Waals surface area contributed by atoms with Gasteiger partial charge in [0.1, 0.15) is 0 Å². The fourth-order valence-electron chi connectivity index (χ4n) is 2.67. The third-order valence-electron chi connectivity index (χ3n) is 4.04. The summed E-state index contributed by atoms with van der Waals surface area (Å²) in [5.74, 6) is -0.379. The number of carbonyl (C=O) groups excluding carboxylic acids is 1. The van der Waals surface area contributed by atoms with E-state index in [4.69, 9.17) is 0 Å². The summed E-state index contributed by atoms with van der Waals surface area (Å²) in [6, 6.07) is 13.9. The number of para-hydroxylation sites is 1. The SMILES string of the molecule is C=CCN(CC(=O)Nc1c(C)cccc1CC)S(=O)(=O)c1ccccc1. The largest absolute Gasteiger partial charge is 0.324 e. The molecule has 6 heteroatoms. The average Bonchev–Trinajstić information content (AvgIpc) is 2.63. The standard InChI is InChI=1S/C20H24N2O3S/c1-4-14-22(26(24,25)18-12-7-6-8-13-18)15-19(23)21-20-16(3)10-9-11-17(20)5-2/h4,6-13H,1,5,14-15H2,2-3H3,(H,21,23). The summed E-state index contributed by atoms with van der Waals surface area (Å²) in [7, 11) is -3.78. The lowest BCUT2D eigenvalue weighted by atomic mass is 10.1. The van der Waals surface area contributed by atoms with Crippen molar-refractivity contribution in [2.75, 3.05) is 18.4 Å². The molecule has 0 bridgehead atoms. The molecule has 0 radical (unpaired) electrons. The molecule has 0 aliphatic rings. The number of benzene rings is 2. The first-order chi connectivity index (χ1) is 12.4. The van der Waals surface area contributed by atoms with Crippen LogP contribution in [-0.2, 0) is 21.2 Å². The normalized spacial score (nSPS) is 11.3. The van der Waals surface area contributed by atoms with E-state index >= 15 is 0 Å². The van der Waals surface area contributed by atoms with Crippen LogP contribution in [0, 0.1) is 6.92 Å². The van der Waals surface area contributed by atoms with E-state index in [-0.39, 0.29) is 23.9 Å². The minimum absolute atomic E-state index is 0.0546. The zero-order valence-electron chi connectivity index (χ0n) is 15.1. The molecule has 138 valence electrons. The fraction of sp³-hybridized carbons (Fsp3) is 0.250. The van der Waals surface area contributed by atoms with Gasteiger partial charge in [0.05, 0.1) is 11.4 Å². The molecule has 0 aromatic heterocycles. The van der Waals surface area contributed by atoms with Gasteiger partial charge in [-0.05, 0) is 36.6 Å². The van der Waals surface area contributed by atoms with Crippen LogP contribution >= 0.6 is 0 Å². The molecule has 0 atom stereocenters. The molecular formula is C20H24N2O3S. The van der Waals surface area contributed by atoms with E-state index < -0.39 is 10.0 Å². The zero-order valence-corrected chi connectivity index (χ0v) is 15.9. The zero-order chi connectivity index (χ0) is 19.2. The maximum Gasteiger partial charge on any atom is 0.243 e. The summed E-state index contributed by atoms with van der Waals surface area (Å²) in [4.78, 5) is 12.7. The molecule has 0 saturated carbocycles. The van der Waals surface area contributed by atoms with Gasteiger partial charge < -0.3 is 5.32 Å². The lowest BCUT2D eigenvalue weighted by molar-refractivity contribution is -0.116. The smallest absolute Gasteiger partial charge is 0.243 e. The van der Waals surface area contributed by atoms with Crippen LogP contribution in [0.5, 0.6) is 0 Å². The second kappa shape index (κ2) is 8.78. The number of anilines is 1. The number of hydrogen-bond acceptors (Lipinski definition) is 3. The van der Waals surface area contributed by atoms with Crippen molar-refractivity contribution in [3.63, 3.8) is 0 Å². The van der Waals surface area contributed by atoms with Crippen molar-refractivity contribution < 1.29 is 13.2 Å². The number of aryl methyl sites for hydroxylation is 2. The molecule has 0 unspecified atom stereocenters. The Kier molecular flexibility index (Phi) is 6.71. The number of hydrogen-bond donors (Lipinski definition) is 1. The molecule has 2 aromatic rings. The quantitative estimate of drug-likeness (QED) is 0.723. The van der Waals surface area contributed by atoms with Gasteiger partial charge in [-0.1, -0.05) is 49.4 Å². The third kappa shape index (κ3) is 4.59. The van der Waals surface area contributed by atoms with Gasteiger partial charge in [0.15, 0.2) is 0 Å². The number of rotatable bonds is 8. The first kappa shape index (κ1) is 19.9. The first-order valence-corrected chi connectivity index (χ1v) is 9.88. The Morgan fingerprint density at radius 2 is 1.85 bits per heavy atom. The van der Waals surface area contributed by atoms with E-state index in [1.54, 1.807) is 18.2 Å². The Morgan fingerprint density at radius 3 is 2.46 bits per heavy atom. The van der Waals surface area contributed by atoms with Crippen molar-refractivity contribution in [3.8, 4) is 0 Å². The van der Waals surface area contributed by atoms with Crippen molar-refractivity contribution in [2.45, 2.75) is 25.2 Å². The van der Waals surface area contributed by atoms with Crippen molar-refractivity contribution in [2.24, 2.45) is 0 Å². The first-order valence-electron chi connectivity index (χ1n) is 8.44. The molecule has 0 fully saturated rings. The van der Waals surface area contributed by atoms with E-state index in [1.165, 1.54) is 18.2 Å². The lowest BCUT2D eigenvalue weighted by Gasteiger charge is -2.21. The summed E-state index contributed by atoms with van der Waals surface area (Å²) in [5.41, 5.74) is 2.70. The van der Waals surface area contributed by atoms with E-state index in [9.17, 15) is 13.2 Å². The molecule has 0 spiro atoms. The maximum absolute atomic E-state index is 12.8. The van der Waals surface area contributed by atoms with Crippen LogP contribution in [0.25, 0.3) is 0 Å². The molecule has 26 heavy (non-hydrogen) atoms. The van der Waals surface area contributed by atoms with Gasteiger partial charge in [0.25, 0.3) is 0 Å². The van der Waals surface area contributed by atoms with E-state index in [2.05, 4.69) is 11.9 Å². The van der Waals surface area contributed by atoms with Crippen molar-refractivity contribution in [3.05, 3.63) is 72.3 Å². The molecule has 0 saturated heterocycles. The van der Waals surface area contributed by atoms with Crippen LogP contribution < -0.4 is 5.32 Å². The van der Waals surface area contributed by atoms with Crippen LogP contribution in [0.4, 0.5) is 5.69 Å². The molecule has 0 aliphatic heterocycles. The van der Waals surface area contributed by atoms with Gasteiger partial charge in [-0.15, -0.1) is 6.58 Å². The van der Waals surface area contributed by atoms with Crippen LogP contribution in [0.1, 0.15) is 18.1 Å². The Balaban J connectivity index is 2.23. The van der Waals surface area contributed by atoms with Crippen LogP contribution in [0.2, 0.25) is 0 Å². The monoisotopic (exact) mass is 372 g/mol. The predicted octanol–water partition coefficient (Wildman–Crippen LogP) is 3.37. The van der Waals surface area contributed by atoms with E-state index in [0.717, 1.165) is 27.5 Å². The highest BCUT2D eigenvalue weighted by Gasteiger charge is 2.25. The van der Waals surface area contributed by atoms with Crippen molar-refractivity contribution >= 4 is 21.6 Å². The van der Waals surface area contributed by atoms with Gasteiger partial charge in [-0.25, -0.2) is 8.42 Å². The Bertz CT molecular complexity index is 877. The van der Waals surface area contributed by atoms with E-state index in [1.807, 2.05) is 32.0 Å². The number of nitrogens with one attached hydrogen (secondary N) is 1. The van der Waals surface area contributed by atoms with Gasteiger partial charge in [-0.2, -0.15) is 4.31 Å². The topological polar surface area (TPSA) is 66.5 Å². The number of nitrogens with zero attached hydrogens (tertiary/aromatic N) is 1. The lowest BCUT2D eigenvalue weighted by Crippen LogP contribution is -2.38. The highest BCUT2D eigenvalue weighted by Crippen LogP contribution is 2.21. The minimum Gasteiger partial charge on any atom is -0.324 e. The average molecular weight is 372 g/mol. The summed E-state index contributed by atoms with van der Waals surface area (Å²) < 4.78 is 26.7. The molecule has 5 nitrogen and oxygen atoms in total. The maximum atomic E-state index is 12.8. The Morgan fingerprint density at radius 1 is 1.15 bits per heavy atom. The third-order valence-corrected chi connectivity index (χ3v) is 5.86. The summed E-state index contributed by atoms with van der Waals surface area (Å²) in [6.45, 7) is 7.30. The highest BCUT2D eigenvalue weighted by molar-refractivity contribution is 7.89. The van der Waals surface area contributed by atoms with Gasteiger partial charge in [-0.3, -0.25) is 4.79 Å². The van der Waals surface area contributed by atoms with E-state index in [0.29, 0.717) is 0 Å². The van der Waals surface area contributed by atoms with Crippen molar-refractivity contribution in [1.82, 2.24) is 4.31 Å². The number of carbonyl (C=O) groups is 1. The summed E-state index contributed by atoms with van der Waals surface area (Å²) >= 11 is 0. The van der Waals surface area contributed by atoms with Crippen LogP contribution in [-0.4, -0.2) is 31.7 Å². The second-order valence-electron chi connectivity index (χ2n) is 5.91. The Labute approximate surface area is 155 Å². The summed E-state index contributed by atoms with van der Waals surface area (Å²) in [6.07, 6.45) is 2.25. The van der Waals surface area contributed by atoms with Crippen LogP contribution in [0.15, 0.2) is 66.1 Å². The predicted molar refractivity (Wildman–Crippen MR) is 105 cm³/mol. The number of amides is 1. The second-order valence-corrected chi connectivity index (χ2v) is 7.85. The molecule has 2 aromatic carbocycles. The molecule has 1 N–H and O–H groups in total. The Hall–Kier alpha value is -2.44. The number of sulfonamides is 1. The minimum atomic E-state index is -3.78. The molecule has 2 rings (SSSR count). The molecule has 0 aliphatic carbocycles. The highest BCUT2D eigenvalue weighted by atomic mass is 32.2. The fourth-order valence-corrected chi connectivity index (χ4v) is 4.06. The molecular weight excluding hydrogens is 348 g/mol. The molecule has 1 amide bonds. The van der Waals surface area contributed by atoms with Gasteiger partial charge in [0.2, 0.25) is 15.9 Å². The summed E-state index contributed by atoms with van der Waals surface area (Å²) in [5, 5.41) is 2.86. The van der Waals surface area contributed by atoms with Crippen molar-refractivity contribution in [1.29, 1.82) is 0 Å².